The zero-order valence-electron chi connectivity index (χ0n) is 30.9. The summed E-state index contributed by atoms with van der Waals surface area (Å²) >= 11 is 0. The molecule has 3 heterocycles. The van der Waals surface area contributed by atoms with Crippen molar-refractivity contribution in [2.45, 2.75) is 147 Å². The smallest absolute Gasteiger partial charge is 0.430 e. The second-order valence-electron chi connectivity index (χ2n) is 13.3. The fraction of sp³-hybridized carbons (Fsp3) is 0.771. The van der Waals surface area contributed by atoms with E-state index in [4.69, 9.17) is 33.7 Å². The second-order valence-corrected chi connectivity index (χ2v) is 14.9. The van der Waals surface area contributed by atoms with Gasteiger partial charge in [0.05, 0.1) is 25.0 Å². The molecule has 2 aromatic heterocycles. The first-order valence-corrected chi connectivity index (χ1v) is 20.1. The molecule has 294 valence electrons. The van der Waals surface area contributed by atoms with Crippen molar-refractivity contribution in [3.05, 3.63) is 24.2 Å². The minimum absolute atomic E-state index is 0.0673. The normalized spacial score (nSPS) is 21.4. The first-order chi connectivity index (χ1) is 25.1. The van der Waals surface area contributed by atoms with Crippen LogP contribution < -0.4 is 5.73 Å². The summed E-state index contributed by atoms with van der Waals surface area (Å²) in [5, 5.41) is 36.0. The summed E-state index contributed by atoms with van der Waals surface area (Å²) in [6, 6.07) is 4.89. The van der Waals surface area contributed by atoms with Crippen LogP contribution in [0.25, 0.3) is 5.52 Å². The minimum Gasteiger partial charge on any atom is -0.430 e. The van der Waals surface area contributed by atoms with Gasteiger partial charge in [0, 0.05) is 13.2 Å². The van der Waals surface area contributed by atoms with Gasteiger partial charge in [-0.2, -0.15) is 10.4 Å². The summed E-state index contributed by atoms with van der Waals surface area (Å²) in [6.45, 7) is 5.45. The van der Waals surface area contributed by atoms with Crippen LogP contribution in [0.2, 0.25) is 0 Å². The van der Waals surface area contributed by atoms with Crippen LogP contribution in [-0.2, 0) is 43.0 Å². The van der Waals surface area contributed by atoms with Crippen LogP contribution >= 0.6 is 7.82 Å². The van der Waals surface area contributed by atoms with Crippen LogP contribution in [0.4, 0.5) is 10.6 Å². The minimum atomic E-state index is -4.64. The predicted molar refractivity (Wildman–Crippen MR) is 191 cm³/mol. The Kier molecular flexibility index (Phi) is 19.3. The molecule has 0 bridgehead atoms. The first kappa shape index (κ1) is 43.5. The largest absolute Gasteiger partial charge is 0.541 e. The molecule has 0 spiro atoms. The van der Waals surface area contributed by atoms with Gasteiger partial charge in [-0.25, -0.2) is 23.7 Å². The van der Waals surface area contributed by atoms with Crippen LogP contribution in [-0.4, -0.2) is 81.8 Å². The number of nitrogen functional groups attached to an aromatic ring is 1. The van der Waals surface area contributed by atoms with Crippen molar-refractivity contribution in [3.8, 4) is 6.07 Å². The van der Waals surface area contributed by atoms with Crippen LogP contribution in [0.15, 0.2) is 18.5 Å². The highest BCUT2D eigenvalue weighted by Gasteiger charge is 2.58. The lowest BCUT2D eigenvalue weighted by atomic mass is 9.92. The third-order valence-corrected chi connectivity index (χ3v) is 9.96. The standard InChI is InChI=1S/C35H58N5O11P/c1-4-5-6-7-8-9-10-11-12-13-14-15-16-17-21-45-22-18-23-46-52(44,51-50-34(43)48-27(2)3)47-24-29-31(41)32(42)35(25-36,49-29)30-20-19-28-33(37)38-26-39-40(28)30/h19-20,26-27,29,31-32,41-42H,4-18,21-24H2,1-3H3,(H2,37,38,39)/t29-,31-,32-,35+,52?/m1/s1. The number of aliphatic hydroxyl groups excluding tert-OH is 2. The number of ether oxygens (including phenoxy) is 3. The molecule has 1 saturated heterocycles. The van der Waals surface area contributed by atoms with E-state index in [1.807, 2.05) is 6.07 Å². The Morgan fingerprint density at radius 3 is 2.21 bits per heavy atom. The number of fused-ring (bicyclic) bond motifs is 1. The van der Waals surface area contributed by atoms with Crippen molar-refractivity contribution in [2.24, 2.45) is 0 Å². The maximum Gasteiger partial charge on any atom is 0.541 e. The van der Waals surface area contributed by atoms with Gasteiger partial charge in [-0.1, -0.05) is 95.1 Å². The van der Waals surface area contributed by atoms with Gasteiger partial charge >= 0.3 is 14.0 Å². The molecule has 1 unspecified atom stereocenters. The molecular weight excluding hydrogens is 697 g/mol. The van der Waals surface area contributed by atoms with Gasteiger partial charge < -0.3 is 30.2 Å². The number of nitriles is 1. The van der Waals surface area contributed by atoms with Crippen molar-refractivity contribution in [1.82, 2.24) is 14.6 Å². The van der Waals surface area contributed by atoms with E-state index >= 15 is 0 Å². The molecule has 1 aliphatic rings. The number of carbonyl (C=O) groups excluding carboxylic acids is 1. The molecule has 0 radical (unpaired) electrons. The molecule has 16 nitrogen and oxygen atoms in total. The molecule has 52 heavy (non-hydrogen) atoms. The number of unbranched alkanes of at least 4 members (excludes halogenated alkanes) is 13. The van der Waals surface area contributed by atoms with Crippen molar-refractivity contribution in [1.29, 1.82) is 5.26 Å². The number of phosphoric acid groups is 1. The number of carbonyl (C=O) groups is 1. The van der Waals surface area contributed by atoms with Gasteiger partial charge in [-0.3, -0.25) is 9.05 Å². The zero-order chi connectivity index (χ0) is 37.8. The first-order valence-electron chi connectivity index (χ1n) is 18.6. The third-order valence-electron chi connectivity index (χ3n) is 8.74. The van der Waals surface area contributed by atoms with E-state index in [9.17, 15) is 24.8 Å². The fourth-order valence-corrected chi connectivity index (χ4v) is 6.92. The maximum absolute atomic E-state index is 13.5. The number of hydrogen-bond acceptors (Lipinski definition) is 15. The molecule has 0 amide bonds. The highest BCUT2D eigenvalue weighted by atomic mass is 31.2. The van der Waals surface area contributed by atoms with Crippen molar-refractivity contribution in [3.63, 3.8) is 0 Å². The van der Waals surface area contributed by atoms with Gasteiger partial charge in [0.25, 0.3) is 0 Å². The van der Waals surface area contributed by atoms with Crippen LogP contribution in [0.1, 0.15) is 123 Å². The van der Waals surface area contributed by atoms with E-state index in [0.29, 0.717) is 25.2 Å². The molecule has 0 aliphatic carbocycles. The lowest BCUT2D eigenvalue weighted by Gasteiger charge is -2.24. The summed E-state index contributed by atoms with van der Waals surface area (Å²) < 4.78 is 46.6. The number of phosphoric ester groups is 1. The Labute approximate surface area is 306 Å². The Morgan fingerprint density at radius 2 is 1.60 bits per heavy atom. The van der Waals surface area contributed by atoms with Crippen molar-refractivity contribution >= 4 is 25.3 Å². The molecule has 17 heteroatoms. The van der Waals surface area contributed by atoms with Gasteiger partial charge in [0.1, 0.15) is 36.2 Å². The third kappa shape index (κ3) is 13.5. The number of rotatable bonds is 27. The number of hydrogen-bond donors (Lipinski definition) is 3. The van der Waals surface area contributed by atoms with E-state index in [1.54, 1.807) is 13.8 Å². The Bertz CT molecular complexity index is 1420. The van der Waals surface area contributed by atoms with E-state index in [0.717, 1.165) is 19.2 Å². The maximum atomic E-state index is 13.5. The Balaban J connectivity index is 1.40. The van der Waals surface area contributed by atoms with E-state index in [1.165, 1.54) is 93.7 Å². The van der Waals surface area contributed by atoms with Crippen molar-refractivity contribution < 1.29 is 52.4 Å². The molecule has 2 aromatic rings. The lowest BCUT2D eigenvalue weighted by Crippen LogP contribution is -2.41. The fourth-order valence-electron chi connectivity index (χ4n) is 5.92. The summed E-state index contributed by atoms with van der Waals surface area (Å²) in [6.07, 6.45) is 12.6. The summed E-state index contributed by atoms with van der Waals surface area (Å²) in [7, 11) is -4.64. The predicted octanol–water partition coefficient (Wildman–Crippen LogP) is 6.67. The molecule has 0 aromatic carbocycles. The van der Waals surface area contributed by atoms with Gasteiger partial charge in [0.15, 0.2) is 5.82 Å². The highest BCUT2D eigenvalue weighted by molar-refractivity contribution is 7.48. The molecule has 1 fully saturated rings. The topological polar surface area (TPSA) is 219 Å². The highest BCUT2D eigenvalue weighted by Crippen LogP contribution is 2.51. The molecular formula is C35H58N5O11P. The molecule has 3 rings (SSSR count). The van der Waals surface area contributed by atoms with Gasteiger partial charge in [0.2, 0.25) is 5.60 Å². The number of nitrogens with two attached hydrogens (primary N) is 1. The summed E-state index contributed by atoms with van der Waals surface area (Å²) in [5.41, 5.74) is 4.20. The molecule has 4 N–H and O–H groups in total. The Morgan fingerprint density at radius 1 is 0.981 bits per heavy atom. The van der Waals surface area contributed by atoms with Gasteiger partial charge in [-0.15, -0.1) is 0 Å². The van der Waals surface area contributed by atoms with Crippen LogP contribution in [0.5, 0.6) is 0 Å². The average molecular weight is 756 g/mol. The monoisotopic (exact) mass is 755 g/mol. The van der Waals surface area contributed by atoms with Crippen molar-refractivity contribution in [2.75, 3.05) is 32.2 Å². The van der Waals surface area contributed by atoms with Crippen LogP contribution in [0.3, 0.4) is 0 Å². The molecule has 0 saturated carbocycles. The number of nitrogens with zero attached hydrogens (tertiary/aromatic N) is 4. The average Bonchev–Trinajstić information content (AvgIpc) is 3.67. The van der Waals surface area contributed by atoms with Gasteiger partial charge in [-0.05, 0) is 38.8 Å². The SMILES string of the molecule is CCCCCCCCCCCCCCCCOCCCOP(=O)(OC[C@H]1O[C@@](C#N)(c2ccc3c(N)ncnn23)[C@H](O)[C@@H]1O)OOC(=O)OC(C)C. The van der Waals surface area contributed by atoms with E-state index in [-0.39, 0.29) is 18.1 Å². The lowest BCUT2D eigenvalue weighted by molar-refractivity contribution is -0.195. The van der Waals surface area contributed by atoms with E-state index in [2.05, 4.69) is 21.9 Å². The zero-order valence-corrected chi connectivity index (χ0v) is 31.8. The van der Waals surface area contributed by atoms with E-state index < -0.39 is 50.6 Å². The number of aliphatic hydroxyl groups is 2. The molecule has 5 atom stereocenters. The second kappa shape index (κ2) is 23.0. The molecule has 1 aliphatic heterocycles. The summed E-state index contributed by atoms with van der Waals surface area (Å²) in [4.78, 5) is 20.3. The quantitative estimate of drug-likeness (QED) is 0.0285. The van der Waals surface area contributed by atoms with Crippen LogP contribution in [0, 0.1) is 11.3 Å². The number of anilines is 1. The summed E-state index contributed by atoms with van der Waals surface area (Å²) in [5.74, 6) is 0.119. The Hall–Kier alpha value is -2.87. The number of aromatic nitrogens is 3.